The van der Waals surface area contributed by atoms with E-state index in [1.807, 2.05) is 11.8 Å². The summed E-state index contributed by atoms with van der Waals surface area (Å²) in [6.45, 7) is 6.60. The van der Waals surface area contributed by atoms with Crippen molar-refractivity contribution in [1.82, 2.24) is 10.6 Å². The number of rotatable bonds is 9. The second-order valence-electron chi connectivity index (χ2n) is 4.39. The van der Waals surface area contributed by atoms with E-state index < -0.39 is 0 Å². The Morgan fingerprint density at radius 2 is 2.21 bits per heavy atom. The molecule has 0 aromatic carbocycles. The molecule has 6 heteroatoms. The monoisotopic (exact) mass is 289 g/mol. The molecule has 5 nitrogen and oxygen atoms in total. The predicted molar refractivity (Wildman–Crippen MR) is 82.2 cm³/mol. The maximum atomic E-state index is 5.41. The summed E-state index contributed by atoms with van der Waals surface area (Å²) in [6.07, 6.45) is 2.63. The maximum Gasteiger partial charge on any atom is 0.191 e. The van der Waals surface area contributed by atoms with Gasteiger partial charge in [-0.2, -0.15) is 11.8 Å². The van der Waals surface area contributed by atoms with Gasteiger partial charge in [0.2, 0.25) is 0 Å². The van der Waals surface area contributed by atoms with Gasteiger partial charge < -0.3 is 20.1 Å². The molecule has 0 bridgehead atoms. The lowest BCUT2D eigenvalue weighted by Crippen LogP contribution is -2.39. The van der Waals surface area contributed by atoms with Crippen LogP contribution in [0.2, 0.25) is 0 Å². The van der Waals surface area contributed by atoms with Crippen molar-refractivity contribution in [3.63, 3.8) is 0 Å². The Bertz CT molecular complexity index is 246. The molecule has 112 valence electrons. The number of methoxy groups -OCH3 is 1. The van der Waals surface area contributed by atoms with Crippen molar-refractivity contribution in [2.24, 2.45) is 4.99 Å². The van der Waals surface area contributed by atoms with Gasteiger partial charge in [0, 0.05) is 25.4 Å². The highest BCUT2D eigenvalue weighted by Gasteiger charge is 2.14. The van der Waals surface area contributed by atoms with Crippen LogP contribution in [0.3, 0.4) is 0 Å². The molecule has 2 N–H and O–H groups in total. The molecule has 0 aromatic heterocycles. The van der Waals surface area contributed by atoms with E-state index in [-0.39, 0.29) is 0 Å². The number of hydrogen-bond donors (Lipinski definition) is 2. The number of aliphatic imine (C=N–C) groups is 1. The first kappa shape index (κ1) is 16.6. The quantitative estimate of drug-likeness (QED) is 0.378. The van der Waals surface area contributed by atoms with Crippen LogP contribution in [0.15, 0.2) is 4.99 Å². The van der Waals surface area contributed by atoms with Gasteiger partial charge in [0.15, 0.2) is 5.96 Å². The Kier molecular flexibility index (Phi) is 9.93. The smallest absolute Gasteiger partial charge is 0.191 e. The molecule has 1 saturated heterocycles. The van der Waals surface area contributed by atoms with Crippen LogP contribution in [0.5, 0.6) is 0 Å². The summed E-state index contributed by atoms with van der Waals surface area (Å²) in [5, 5.41) is 7.25. The average molecular weight is 289 g/mol. The first-order chi connectivity index (χ1) is 9.36. The fourth-order valence-electron chi connectivity index (χ4n) is 1.81. The molecule has 1 aliphatic heterocycles. The third kappa shape index (κ3) is 8.34. The molecule has 0 aromatic rings. The lowest BCUT2D eigenvalue weighted by Gasteiger charge is -2.12. The highest BCUT2D eigenvalue weighted by atomic mass is 32.2. The Labute approximate surface area is 120 Å². The maximum absolute atomic E-state index is 5.41. The summed E-state index contributed by atoms with van der Waals surface area (Å²) in [6, 6.07) is 0. The van der Waals surface area contributed by atoms with Gasteiger partial charge in [-0.1, -0.05) is 0 Å². The minimum Gasteiger partial charge on any atom is -0.382 e. The molecular formula is C13H27N3O2S. The number of hydrogen-bond acceptors (Lipinski definition) is 4. The summed E-state index contributed by atoms with van der Waals surface area (Å²) in [7, 11) is 1.68. The van der Waals surface area contributed by atoms with Crippen molar-refractivity contribution >= 4 is 17.7 Å². The number of nitrogens with one attached hydrogen (secondary N) is 2. The van der Waals surface area contributed by atoms with Crippen molar-refractivity contribution in [3.8, 4) is 0 Å². The van der Waals surface area contributed by atoms with Crippen LogP contribution in [0, 0.1) is 0 Å². The van der Waals surface area contributed by atoms with E-state index in [2.05, 4.69) is 22.5 Å². The molecule has 0 aliphatic carbocycles. The third-order valence-electron chi connectivity index (χ3n) is 2.79. The zero-order valence-electron chi connectivity index (χ0n) is 12.1. The summed E-state index contributed by atoms with van der Waals surface area (Å²) in [5.41, 5.74) is 0. The van der Waals surface area contributed by atoms with Crippen molar-refractivity contribution in [3.05, 3.63) is 0 Å². The Balaban J connectivity index is 2.13. The van der Waals surface area contributed by atoms with Gasteiger partial charge in [-0.15, -0.1) is 0 Å². The molecule has 1 rings (SSSR count). The van der Waals surface area contributed by atoms with Gasteiger partial charge in [0.05, 0.1) is 26.4 Å². The van der Waals surface area contributed by atoms with Crippen LogP contribution in [-0.4, -0.2) is 63.5 Å². The van der Waals surface area contributed by atoms with E-state index >= 15 is 0 Å². The highest BCUT2D eigenvalue weighted by Crippen LogP contribution is 2.25. The summed E-state index contributed by atoms with van der Waals surface area (Å²) < 4.78 is 10.3. The second-order valence-corrected chi connectivity index (χ2v) is 5.79. The summed E-state index contributed by atoms with van der Waals surface area (Å²) >= 11 is 2.04. The van der Waals surface area contributed by atoms with Crippen LogP contribution >= 0.6 is 11.8 Å². The van der Waals surface area contributed by atoms with E-state index in [9.17, 15) is 0 Å². The lowest BCUT2D eigenvalue weighted by atomic mass is 10.2. The SMILES string of the molecule is CCNC(=NCC1CCCS1)NCCOCCOC. The molecule has 1 heterocycles. The minimum atomic E-state index is 0.643. The molecule has 1 atom stereocenters. The zero-order valence-corrected chi connectivity index (χ0v) is 12.9. The van der Waals surface area contributed by atoms with Gasteiger partial charge >= 0.3 is 0 Å². The van der Waals surface area contributed by atoms with Crippen LogP contribution in [0.4, 0.5) is 0 Å². The largest absolute Gasteiger partial charge is 0.382 e. The fourth-order valence-corrected chi connectivity index (χ4v) is 2.99. The van der Waals surface area contributed by atoms with E-state index in [1.165, 1.54) is 18.6 Å². The summed E-state index contributed by atoms with van der Waals surface area (Å²) in [4.78, 5) is 4.62. The van der Waals surface area contributed by atoms with Crippen LogP contribution in [0.1, 0.15) is 19.8 Å². The van der Waals surface area contributed by atoms with Crippen molar-refractivity contribution in [1.29, 1.82) is 0 Å². The van der Waals surface area contributed by atoms with Gasteiger partial charge in [0.1, 0.15) is 0 Å². The number of nitrogens with zero attached hydrogens (tertiary/aromatic N) is 1. The van der Waals surface area contributed by atoms with E-state index in [0.717, 1.165) is 25.6 Å². The molecule has 1 unspecified atom stereocenters. The molecule has 1 aliphatic rings. The standard InChI is InChI=1S/C13H27N3O2S/c1-3-14-13(15-6-7-18-9-8-17-2)16-11-12-5-4-10-19-12/h12H,3-11H2,1-2H3,(H2,14,15,16). The molecule has 0 saturated carbocycles. The van der Waals surface area contributed by atoms with Crippen LogP contribution < -0.4 is 10.6 Å². The Hall–Kier alpha value is -0.460. The van der Waals surface area contributed by atoms with Gasteiger partial charge in [-0.25, -0.2) is 0 Å². The fraction of sp³-hybridized carbons (Fsp3) is 0.923. The van der Waals surface area contributed by atoms with Crippen LogP contribution in [0.25, 0.3) is 0 Å². The Morgan fingerprint density at radius 1 is 1.32 bits per heavy atom. The summed E-state index contributed by atoms with van der Waals surface area (Å²) in [5.74, 6) is 2.18. The molecule has 19 heavy (non-hydrogen) atoms. The van der Waals surface area contributed by atoms with Crippen molar-refractivity contribution in [2.45, 2.75) is 25.0 Å². The van der Waals surface area contributed by atoms with Crippen LogP contribution in [-0.2, 0) is 9.47 Å². The number of ether oxygens (including phenoxy) is 2. The molecule has 1 fully saturated rings. The number of guanidine groups is 1. The first-order valence-corrected chi connectivity index (χ1v) is 8.12. The average Bonchev–Trinajstić information content (AvgIpc) is 2.93. The first-order valence-electron chi connectivity index (χ1n) is 7.07. The molecule has 0 amide bonds. The van der Waals surface area contributed by atoms with Crippen molar-refractivity contribution < 1.29 is 9.47 Å². The molecular weight excluding hydrogens is 262 g/mol. The topological polar surface area (TPSA) is 54.9 Å². The van der Waals surface area contributed by atoms with Gasteiger partial charge in [-0.05, 0) is 25.5 Å². The zero-order chi connectivity index (χ0) is 13.8. The van der Waals surface area contributed by atoms with Gasteiger partial charge in [-0.3, -0.25) is 4.99 Å². The van der Waals surface area contributed by atoms with E-state index in [4.69, 9.17) is 9.47 Å². The van der Waals surface area contributed by atoms with Gasteiger partial charge in [0.25, 0.3) is 0 Å². The third-order valence-corrected chi connectivity index (χ3v) is 4.17. The normalized spacial score (nSPS) is 19.7. The Morgan fingerprint density at radius 3 is 2.89 bits per heavy atom. The lowest BCUT2D eigenvalue weighted by molar-refractivity contribution is 0.0733. The van der Waals surface area contributed by atoms with Crippen molar-refractivity contribution in [2.75, 3.05) is 52.3 Å². The van der Waals surface area contributed by atoms with E-state index in [1.54, 1.807) is 7.11 Å². The highest BCUT2D eigenvalue weighted by molar-refractivity contribution is 8.00. The molecule has 0 radical (unpaired) electrons. The minimum absolute atomic E-state index is 0.643. The van der Waals surface area contributed by atoms with E-state index in [0.29, 0.717) is 25.1 Å². The predicted octanol–water partition coefficient (Wildman–Crippen LogP) is 1.10. The molecule has 0 spiro atoms. The number of thioether (sulfide) groups is 1. The second kappa shape index (κ2) is 11.4.